The summed E-state index contributed by atoms with van der Waals surface area (Å²) in [5.74, 6) is -0.335. The van der Waals surface area contributed by atoms with E-state index in [9.17, 15) is 18.3 Å². The van der Waals surface area contributed by atoms with Crippen LogP contribution in [0.15, 0.2) is 17.0 Å². The van der Waals surface area contributed by atoms with Gasteiger partial charge in [-0.25, -0.2) is 8.42 Å². The lowest BCUT2D eigenvalue weighted by molar-refractivity contribution is -0.125. The molecule has 1 aromatic rings. The predicted molar refractivity (Wildman–Crippen MR) is 105 cm³/mol. The molecular weight excluding hydrogens is 350 g/mol. The Hall–Kier alpha value is -1.82. The molecule has 1 aromatic carbocycles. The minimum Gasteiger partial charge on any atom is -0.507 e. The molecule has 5 nitrogen and oxygen atoms in total. The lowest BCUT2D eigenvalue weighted by atomic mass is 9.78. The first-order valence-corrected chi connectivity index (χ1v) is 10.4. The minimum atomic E-state index is -3.60. The number of rotatable bonds is 1. The molecule has 0 bridgehead atoms. The van der Waals surface area contributed by atoms with Crippen LogP contribution in [0.2, 0.25) is 0 Å². The fraction of sp³-hybridized carbons (Fsp3) is 0.550. The number of benzene rings is 1. The van der Waals surface area contributed by atoms with Gasteiger partial charge in [0.2, 0.25) is 0 Å². The van der Waals surface area contributed by atoms with Crippen LogP contribution in [0, 0.1) is 0 Å². The Kier molecular flexibility index (Phi) is 5.05. The second-order valence-corrected chi connectivity index (χ2v) is 11.1. The molecule has 144 valence electrons. The average Bonchev–Trinajstić information content (AvgIpc) is 2.47. The third-order valence-electron chi connectivity index (χ3n) is 4.63. The van der Waals surface area contributed by atoms with Crippen molar-refractivity contribution in [3.8, 4) is 5.75 Å². The zero-order chi connectivity index (χ0) is 20.1. The molecule has 0 aromatic heterocycles. The monoisotopic (exact) mass is 379 g/mol. The summed E-state index contributed by atoms with van der Waals surface area (Å²) in [4.78, 5) is 13.6. The van der Waals surface area contributed by atoms with E-state index in [1.54, 1.807) is 19.2 Å². The summed E-state index contributed by atoms with van der Waals surface area (Å²) in [6.45, 7) is 12.1. The van der Waals surface area contributed by atoms with Crippen molar-refractivity contribution < 1.29 is 18.3 Å². The topological polar surface area (TPSA) is 74.7 Å². The normalized spacial score (nSPS) is 19.9. The molecule has 1 saturated heterocycles. The number of hydrogen-bond donors (Lipinski definition) is 1. The van der Waals surface area contributed by atoms with Gasteiger partial charge < -0.3 is 10.0 Å². The molecule has 1 aliphatic rings. The predicted octanol–water partition coefficient (Wildman–Crippen LogP) is 3.21. The summed E-state index contributed by atoms with van der Waals surface area (Å²) in [7, 11) is -2.00. The molecule has 0 atom stereocenters. The van der Waals surface area contributed by atoms with Crippen LogP contribution in [0.4, 0.5) is 0 Å². The Bertz CT molecular complexity index is 833. The Labute approximate surface area is 156 Å². The number of amides is 1. The van der Waals surface area contributed by atoms with Crippen molar-refractivity contribution in [2.45, 2.75) is 52.4 Å². The van der Waals surface area contributed by atoms with Crippen molar-refractivity contribution >= 4 is 21.8 Å². The maximum absolute atomic E-state index is 12.4. The molecule has 0 aliphatic carbocycles. The molecule has 0 spiro atoms. The number of phenols is 1. The smallest absolute Gasteiger partial charge is 0.265 e. The van der Waals surface area contributed by atoms with Gasteiger partial charge in [0.1, 0.15) is 10.7 Å². The summed E-state index contributed by atoms with van der Waals surface area (Å²) in [5, 5.41) is 10.8. The zero-order valence-electron chi connectivity index (χ0n) is 16.7. The zero-order valence-corrected chi connectivity index (χ0v) is 17.5. The van der Waals surface area contributed by atoms with E-state index in [-0.39, 0.29) is 33.8 Å². The van der Waals surface area contributed by atoms with Gasteiger partial charge in [-0.3, -0.25) is 4.79 Å². The lowest BCUT2D eigenvalue weighted by Crippen LogP contribution is -2.40. The standard InChI is InChI=1S/C20H29NO4S/c1-19(2,3)14-10-13(11-15(17(14)22)20(4,5)6)12-16-18(23)21(7)8-9-26(16,24)25/h10-12,22H,8-9H2,1-7H3/b16-12-. The van der Waals surface area contributed by atoms with Gasteiger partial charge in [-0.15, -0.1) is 0 Å². The van der Waals surface area contributed by atoms with Crippen LogP contribution in [0.25, 0.3) is 6.08 Å². The molecule has 1 N–H and O–H groups in total. The number of likely N-dealkylation sites (N-methyl/N-ethyl adjacent to an activating group) is 1. The number of nitrogens with zero attached hydrogens (tertiary/aromatic N) is 1. The van der Waals surface area contributed by atoms with Crippen molar-refractivity contribution in [2.24, 2.45) is 0 Å². The molecule has 2 rings (SSSR count). The third-order valence-corrected chi connectivity index (χ3v) is 6.32. The maximum Gasteiger partial charge on any atom is 0.265 e. The van der Waals surface area contributed by atoms with Crippen LogP contribution in [-0.2, 0) is 25.5 Å². The number of carbonyl (C=O) groups excluding carboxylic acids is 1. The molecule has 1 fully saturated rings. The highest BCUT2D eigenvalue weighted by atomic mass is 32.2. The number of phenolic OH excluding ortho intramolecular Hbond substituents is 1. The molecule has 0 unspecified atom stereocenters. The molecule has 0 saturated carbocycles. The number of carbonyl (C=O) groups is 1. The fourth-order valence-electron chi connectivity index (χ4n) is 2.98. The lowest BCUT2D eigenvalue weighted by Gasteiger charge is -2.28. The van der Waals surface area contributed by atoms with E-state index >= 15 is 0 Å². The maximum atomic E-state index is 12.4. The summed E-state index contributed by atoms with van der Waals surface area (Å²) in [6, 6.07) is 3.55. The Morgan fingerprint density at radius 1 is 1.04 bits per heavy atom. The van der Waals surface area contributed by atoms with Gasteiger partial charge in [0, 0.05) is 24.7 Å². The van der Waals surface area contributed by atoms with Crippen molar-refractivity contribution in [3.63, 3.8) is 0 Å². The van der Waals surface area contributed by atoms with E-state index in [0.29, 0.717) is 5.56 Å². The molecule has 1 amide bonds. The molecule has 26 heavy (non-hydrogen) atoms. The summed E-state index contributed by atoms with van der Waals surface area (Å²) in [5.41, 5.74) is 1.41. The van der Waals surface area contributed by atoms with E-state index in [4.69, 9.17) is 0 Å². The van der Waals surface area contributed by atoms with Crippen LogP contribution in [0.5, 0.6) is 5.75 Å². The van der Waals surface area contributed by atoms with Gasteiger partial charge in [-0.2, -0.15) is 0 Å². The average molecular weight is 380 g/mol. The minimum absolute atomic E-state index is 0.0720. The van der Waals surface area contributed by atoms with E-state index in [0.717, 1.165) is 11.1 Å². The highest BCUT2D eigenvalue weighted by molar-refractivity contribution is 7.96. The first kappa shape index (κ1) is 20.5. The fourth-order valence-corrected chi connectivity index (χ4v) is 4.45. The van der Waals surface area contributed by atoms with Gasteiger partial charge in [0.15, 0.2) is 9.84 Å². The SMILES string of the molecule is CN1CCS(=O)(=O)/C(=C\c2cc(C(C)(C)C)c(O)c(C(C)(C)C)c2)C1=O. The quantitative estimate of drug-likeness (QED) is 0.760. The Morgan fingerprint density at radius 2 is 1.50 bits per heavy atom. The van der Waals surface area contributed by atoms with Crippen LogP contribution in [-0.4, -0.2) is 43.7 Å². The van der Waals surface area contributed by atoms with Gasteiger partial charge >= 0.3 is 0 Å². The van der Waals surface area contributed by atoms with E-state index < -0.39 is 15.7 Å². The van der Waals surface area contributed by atoms with Crippen LogP contribution in [0.1, 0.15) is 58.2 Å². The Balaban J connectivity index is 2.76. The second kappa shape index (κ2) is 6.41. The van der Waals surface area contributed by atoms with Crippen molar-refractivity contribution in [1.82, 2.24) is 4.90 Å². The van der Waals surface area contributed by atoms with Crippen molar-refractivity contribution in [3.05, 3.63) is 33.7 Å². The highest BCUT2D eigenvalue weighted by Gasteiger charge is 2.33. The van der Waals surface area contributed by atoms with Gasteiger partial charge in [-0.1, -0.05) is 41.5 Å². The molecule has 6 heteroatoms. The third kappa shape index (κ3) is 3.95. The van der Waals surface area contributed by atoms with Crippen LogP contribution >= 0.6 is 0 Å². The summed E-state index contributed by atoms with van der Waals surface area (Å²) < 4.78 is 24.8. The van der Waals surface area contributed by atoms with Crippen LogP contribution in [0.3, 0.4) is 0 Å². The van der Waals surface area contributed by atoms with Gasteiger partial charge in [0.05, 0.1) is 5.75 Å². The van der Waals surface area contributed by atoms with Crippen molar-refractivity contribution in [1.29, 1.82) is 0 Å². The first-order valence-electron chi connectivity index (χ1n) is 8.72. The van der Waals surface area contributed by atoms with E-state index in [2.05, 4.69) is 0 Å². The molecule has 1 heterocycles. The second-order valence-electron chi connectivity index (χ2n) is 9.02. The summed E-state index contributed by atoms with van der Waals surface area (Å²) in [6.07, 6.45) is 1.44. The van der Waals surface area contributed by atoms with Gasteiger partial charge in [-0.05, 0) is 34.6 Å². The highest BCUT2D eigenvalue weighted by Crippen LogP contribution is 2.40. The number of sulfone groups is 1. The van der Waals surface area contributed by atoms with E-state index in [1.165, 1.54) is 11.0 Å². The largest absolute Gasteiger partial charge is 0.507 e. The molecular formula is C20H29NO4S. The first-order chi connectivity index (χ1) is 11.6. The molecule has 0 radical (unpaired) electrons. The summed E-state index contributed by atoms with van der Waals surface area (Å²) >= 11 is 0. The number of hydrogen-bond acceptors (Lipinski definition) is 4. The van der Waals surface area contributed by atoms with Gasteiger partial charge in [0.25, 0.3) is 5.91 Å². The van der Waals surface area contributed by atoms with Crippen LogP contribution < -0.4 is 0 Å². The molecule has 1 aliphatic heterocycles. The van der Waals surface area contributed by atoms with E-state index in [1.807, 2.05) is 41.5 Å². The Morgan fingerprint density at radius 3 is 1.92 bits per heavy atom. The number of aromatic hydroxyl groups is 1. The van der Waals surface area contributed by atoms with Crippen molar-refractivity contribution in [2.75, 3.05) is 19.3 Å².